The minimum Gasteiger partial charge on any atom is -0.455 e. The Bertz CT molecular complexity index is 734. The summed E-state index contributed by atoms with van der Waals surface area (Å²) in [4.78, 5) is 24.6. The van der Waals surface area contributed by atoms with E-state index < -0.39 is 35.3 Å². The molecule has 2 aliphatic rings. The Hall–Kier alpha value is -2.42. The van der Waals surface area contributed by atoms with Crippen LogP contribution in [0.1, 0.15) is 44.6 Å². The standard InChI is InChI=1S/C19H21FN2O3/c1-18(12-21,13-6-7-13)22-16(23)11-25-17(24)19(8-3-9-19)14-4-2-5-15(20)10-14/h2,4-5,10,13H,3,6-9,11H2,1H3,(H,22,23)/t18-/m0/s1. The van der Waals surface area contributed by atoms with Gasteiger partial charge in [-0.15, -0.1) is 0 Å². The lowest BCUT2D eigenvalue weighted by Crippen LogP contribution is -2.49. The number of amides is 1. The molecule has 3 rings (SSSR count). The van der Waals surface area contributed by atoms with E-state index in [9.17, 15) is 19.2 Å². The zero-order chi connectivity index (χ0) is 18.1. The van der Waals surface area contributed by atoms with E-state index in [1.807, 2.05) is 0 Å². The Morgan fingerprint density at radius 3 is 2.68 bits per heavy atom. The first kappa shape index (κ1) is 17.4. The quantitative estimate of drug-likeness (QED) is 0.805. The molecule has 1 N–H and O–H groups in total. The zero-order valence-corrected chi connectivity index (χ0v) is 14.2. The summed E-state index contributed by atoms with van der Waals surface area (Å²) in [5.74, 6) is -1.24. The van der Waals surface area contributed by atoms with Crippen LogP contribution < -0.4 is 5.32 Å². The molecule has 0 bridgehead atoms. The molecule has 0 aliphatic heterocycles. The van der Waals surface area contributed by atoms with Crippen molar-refractivity contribution < 1.29 is 18.7 Å². The van der Waals surface area contributed by atoms with Crippen LogP contribution in [0.25, 0.3) is 0 Å². The molecule has 0 heterocycles. The van der Waals surface area contributed by atoms with Crippen LogP contribution >= 0.6 is 0 Å². The van der Waals surface area contributed by atoms with Crippen molar-refractivity contribution in [3.05, 3.63) is 35.6 Å². The number of nitriles is 1. The van der Waals surface area contributed by atoms with Gasteiger partial charge in [-0.05, 0) is 56.2 Å². The van der Waals surface area contributed by atoms with E-state index in [0.717, 1.165) is 19.3 Å². The predicted octanol–water partition coefficient (Wildman–Crippen LogP) is 2.60. The van der Waals surface area contributed by atoms with Crippen LogP contribution in [-0.2, 0) is 19.7 Å². The van der Waals surface area contributed by atoms with E-state index in [4.69, 9.17) is 4.74 Å². The van der Waals surface area contributed by atoms with Crippen LogP contribution in [-0.4, -0.2) is 24.0 Å². The normalized spacial score (nSPS) is 20.5. The van der Waals surface area contributed by atoms with E-state index in [1.165, 1.54) is 12.1 Å². The van der Waals surface area contributed by atoms with E-state index >= 15 is 0 Å². The number of carbonyl (C=O) groups excluding carboxylic acids is 2. The maximum Gasteiger partial charge on any atom is 0.317 e. The van der Waals surface area contributed by atoms with Gasteiger partial charge in [-0.1, -0.05) is 18.6 Å². The van der Waals surface area contributed by atoms with Crippen molar-refractivity contribution in [2.24, 2.45) is 5.92 Å². The van der Waals surface area contributed by atoms with Gasteiger partial charge < -0.3 is 10.1 Å². The number of esters is 1. The third-order valence-electron chi connectivity index (χ3n) is 5.33. The molecule has 6 heteroatoms. The molecule has 1 atom stereocenters. The van der Waals surface area contributed by atoms with E-state index in [1.54, 1.807) is 19.1 Å². The van der Waals surface area contributed by atoms with Crippen molar-refractivity contribution in [3.63, 3.8) is 0 Å². The molecule has 0 unspecified atom stereocenters. The fourth-order valence-corrected chi connectivity index (χ4v) is 3.40. The first-order chi connectivity index (χ1) is 11.9. The number of rotatable bonds is 6. The topological polar surface area (TPSA) is 79.2 Å². The third-order valence-corrected chi connectivity index (χ3v) is 5.33. The molecule has 2 fully saturated rings. The second-order valence-electron chi connectivity index (χ2n) is 7.16. The Labute approximate surface area is 146 Å². The summed E-state index contributed by atoms with van der Waals surface area (Å²) in [5.41, 5.74) is -1.19. The molecule has 25 heavy (non-hydrogen) atoms. The van der Waals surface area contributed by atoms with Crippen LogP contribution in [0, 0.1) is 23.1 Å². The van der Waals surface area contributed by atoms with Crippen molar-refractivity contribution in [1.82, 2.24) is 5.32 Å². The maximum absolute atomic E-state index is 13.5. The van der Waals surface area contributed by atoms with E-state index in [2.05, 4.69) is 11.4 Å². The molecule has 2 aliphatic carbocycles. The van der Waals surface area contributed by atoms with Gasteiger partial charge in [-0.3, -0.25) is 9.59 Å². The van der Waals surface area contributed by atoms with Gasteiger partial charge in [-0.2, -0.15) is 5.26 Å². The maximum atomic E-state index is 13.5. The molecule has 5 nitrogen and oxygen atoms in total. The molecule has 0 saturated heterocycles. The molecule has 0 aromatic heterocycles. The van der Waals surface area contributed by atoms with Crippen LogP contribution in [0.3, 0.4) is 0 Å². The summed E-state index contributed by atoms with van der Waals surface area (Å²) < 4.78 is 18.7. The van der Waals surface area contributed by atoms with Crippen LogP contribution in [0.15, 0.2) is 24.3 Å². The first-order valence-corrected chi connectivity index (χ1v) is 8.55. The highest BCUT2D eigenvalue weighted by molar-refractivity contribution is 5.87. The van der Waals surface area contributed by atoms with Gasteiger partial charge in [0.1, 0.15) is 11.4 Å². The van der Waals surface area contributed by atoms with Gasteiger partial charge in [0.15, 0.2) is 6.61 Å². The van der Waals surface area contributed by atoms with Crippen molar-refractivity contribution in [2.75, 3.05) is 6.61 Å². The van der Waals surface area contributed by atoms with Crippen LogP contribution in [0.4, 0.5) is 4.39 Å². The lowest BCUT2D eigenvalue weighted by molar-refractivity contribution is -0.158. The second kappa shape index (κ2) is 6.47. The molecule has 1 amide bonds. The lowest BCUT2D eigenvalue weighted by atomic mass is 9.64. The minimum atomic E-state index is -0.916. The molecular formula is C19H21FN2O3. The smallest absolute Gasteiger partial charge is 0.317 e. The number of halogens is 1. The largest absolute Gasteiger partial charge is 0.455 e. The number of hydrogen-bond acceptors (Lipinski definition) is 4. The van der Waals surface area contributed by atoms with Crippen LogP contribution in [0.5, 0.6) is 0 Å². The number of benzene rings is 1. The average Bonchev–Trinajstić information content (AvgIpc) is 3.37. The van der Waals surface area contributed by atoms with Crippen molar-refractivity contribution >= 4 is 11.9 Å². The third kappa shape index (κ3) is 3.37. The minimum absolute atomic E-state index is 0.155. The second-order valence-corrected chi connectivity index (χ2v) is 7.16. The summed E-state index contributed by atoms with van der Waals surface area (Å²) in [5, 5.41) is 11.9. The number of carbonyl (C=O) groups is 2. The lowest BCUT2D eigenvalue weighted by Gasteiger charge is -2.39. The van der Waals surface area contributed by atoms with E-state index in [0.29, 0.717) is 18.4 Å². The molecule has 1 aromatic rings. The summed E-state index contributed by atoms with van der Waals surface area (Å²) in [6, 6.07) is 8.09. The highest BCUT2D eigenvalue weighted by Gasteiger charge is 2.48. The van der Waals surface area contributed by atoms with Crippen molar-refractivity contribution in [3.8, 4) is 6.07 Å². The highest BCUT2D eigenvalue weighted by atomic mass is 19.1. The summed E-state index contributed by atoms with van der Waals surface area (Å²) in [6.07, 6.45) is 3.83. The molecule has 1 aromatic carbocycles. The molecular weight excluding hydrogens is 323 g/mol. The Morgan fingerprint density at radius 2 is 2.16 bits per heavy atom. The average molecular weight is 344 g/mol. The zero-order valence-electron chi connectivity index (χ0n) is 14.2. The van der Waals surface area contributed by atoms with Gasteiger partial charge in [-0.25, -0.2) is 4.39 Å². The monoisotopic (exact) mass is 344 g/mol. The van der Waals surface area contributed by atoms with Crippen molar-refractivity contribution in [2.45, 2.75) is 50.0 Å². The van der Waals surface area contributed by atoms with E-state index in [-0.39, 0.29) is 5.92 Å². The predicted molar refractivity (Wildman–Crippen MR) is 87.8 cm³/mol. The number of hydrogen-bond donors (Lipinski definition) is 1. The fourth-order valence-electron chi connectivity index (χ4n) is 3.40. The number of ether oxygens (including phenoxy) is 1. The highest BCUT2D eigenvalue weighted by Crippen LogP contribution is 2.45. The van der Waals surface area contributed by atoms with Gasteiger partial charge in [0, 0.05) is 0 Å². The van der Waals surface area contributed by atoms with Crippen LogP contribution in [0.2, 0.25) is 0 Å². The SMILES string of the molecule is C[C@@](C#N)(NC(=O)COC(=O)C1(c2cccc(F)c2)CCC1)C1CC1. The van der Waals surface area contributed by atoms with Gasteiger partial charge in [0.2, 0.25) is 0 Å². The Balaban J connectivity index is 1.61. The molecule has 2 saturated carbocycles. The number of nitrogens with zero attached hydrogens (tertiary/aromatic N) is 1. The van der Waals surface area contributed by atoms with Crippen molar-refractivity contribution in [1.29, 1.82) is 5.26 Å². The summed E-state index contributed by atoms with van der Waals surface area (Å²) in [7, 11) is 0. The molecule has 0 radical (unpaired) electrons. The Morgan fingerprint density at radius 1 is 1.44 bits per heavy atom. The summed E-state index contributed by atoms with van der Waals surface area (Å²) in [6.45, 7) is 1.25. The first-order valence-electron chi connectivity index (χ1n) is 8.55. The summed E-state index contributed by atoms with van der Waals surface area (Å²) >= 11 is 0. The van der Waals surface area contributed by atoms with Gasteiger partial charge in [0.05, 0.1) is 11.5 Å². The Kier molecular flexibility index (Phi) is 4.51. The number of nitrogens with one attached hydrogen (secondary N) is 1. The molecule has 0 spiro atoms. The molecule has 132 valence electrons. The van der Waals surface area contributed by atoms with Gasteiger partial charge in [0.25, 0.3) is 5.91 Å². The van der Waals surface area contributed by atoms with Gasteiger partial charge >= 0.3 is 5.97 Å². The fraction of sp³-hybridized carbons (Fsp3) is 0.526.